The Morgan fingerprint density at radius 3 is 2.33 bits per heavy atom. The normalized spacial score (nSPS) is 15.0. The summed E-state index contributed by atoms with van der Waals surface area (Å²) in [6.45, 7) is 4.63. The molecule has 0 fully saturated rings. The van der Waals surface area contributed by atoms with E-state index in [2.05, 4.69) is 4.74 Å². The van der Waals surface area contributed by atoms with Crippen LogP contribution in [0.1, 0.15) is 20.8 Å². The van der Waals surface area contributed by atoms with E-state index in [4.69, 9.17) is 5.11 Å². The number of ketones is 1. The van der Waals surface area contributed by atoms with E-state index in [1.54, 1.807) is 6.92 Å². The highest BCUT2D eigenvalue weighted by molar-refractivity contribution is 5.86. The number of rotatable bonds is 4. The second-order valence-electron chi connectivity index (χ2n) is 2.60. The zero-order valence-electron chi connectivity index (χ0n) is 7.53. The van der Waals surface area contributed by atoms with Crippen molar-refractivity contribution in [2.24, 2.45) is 5.92 Å². The third kappa shape index (κ3) is 3.00. The van der Waals surface area contributed by atoms with Gasteiger partial charge < -0.3 is 9.84 Å². The van der Waals surface area contributed by atoms with Gasteiger partial charge in [0.1, 0.15) is 6.10 Å². The summed E-state index contributed by atoms with van der Waals surface area (Å²) in [5.74, 6) is -1.74. The number of carbonyl (C=O) groups excluding carboxylic acids is 2. The Morgan fingerprint density at radius 1 is 1.50 bits per heavy atom. The van der Waals surface area contributed by atoms with Gasteiger partial charge in [-0.3, -0.25) is 9.59 Å². The summed E-state index contributed by atoms with van der Waals surface area (Å²) < 4.78 is 4.62. The third-order valence-electron chi connectivity index (χ3n) is 1.55. The molecule has 0 saturated carbocycles. The van der Waals surface area contributed by atoms with Gasteiger partial charge in [0, 0.05) is 0 Å². The van der Waals surface area contributed by atoms with Gasteiger partial charge in [0.05, 0.1) is 12.5 Å². The van der Waals surface area contributed by atoms with Crippen LogP contribution in [0.2, 0.25) is 0 Å². The minimum Gasteiger partial charge on any atom is -0.466 e. The highest BCUT2D eigenvalue weighted by Gasteiger charge is 2.26. The summed E-state index contributed by atoms with van der Waals surface area (Å²) in [5, 5.41) is 9.14. The van der Waals surface area contributed by atoms with Gasteiger partial charge in [-0.2, -0.15) is 0 Å². The summed E-state index contributed by atoms with van der Waals surface area (Å²) >= 11 is 0. The minimum absolute atomic E-state index is 0.258. The van der Waals surface area contributed by atoms with Gasteiger partial charge in [0.15, 0.2) is 5.78 Å². The molecule has 1 N–H and O–H groups in total. The fourth-order valence-electron chi connectivity index (χ4n) is 0.755. The van der Waals surface area contributed by atoms with E-state index in [0.717, 1.165) is 0 Å². The monoisotopic (exact) mass is 174 g/mol. The zero-order chi connectivity index (χ0) is 9.72. The molecule has 70 valence electrons. The second kappa shape index (κ2) is 4.87. The van der Waals surface area contributed by atoms with Gasteiger partial charge >= 0.3 is 5.97 Å². The molecule has 0 bridgehead atoms. The maximum absolute atomic E-state index is 11.0. The van der Waals surface area contributed by atoms with E-state index in [1.807, 2.05) is 0 Å². The highest BCUT2D eigenvalue weighted by Crippen LogP contribution is 2.06. The Labute approximate surface area is 71.5 Å². The van der Waals surface area contributed by atoms with Crippen molar-refractivity contribution < 1.29 is 19.4 Å². The topological polar surface area (TPSA) is 63.6 Å². The molecule has 4 nitrogen and oxygen atoms in total. The Kier molecular flexibility index (Phi) is 4.51. The summed E-state index contributed by atoms with van der Waals surface area (Å²) in [5.41, 5.74) is 0. The minimum atomic E-state index is -1.25. The Morgan fingerprint density at radius 2 is 2.00 bits per heavy atom. The first kappa shape index (κ1) is 11.1. The molecule has 0 heterocycles. The smallest absolute Gasteiger partial charge is 0.311 e. The molecule has 0 spiro atoms. The average Bonchev–Trinajstić information content (AvgIpc) is 2.02. The van der Waals surface area contributed by atoms with E-state index in [1.165, 1.54) is 13.8 Å². The number of esters is 1. The third-order valence-corrected chi connectivity index (χ3v) is 1.55. The van der Waals surface area contributed by atoms with Gasteiger partial charge in [0.25, 0.3) is 0 Å². The van der Waals surface area contributed by atoms with Crippen LogP contribution in [0.15, 0.2) is 0 Å². The van der Waals surface area contributed by atoms with E-state index < -0.39 is 23.8 Å². The van der Waals surface area contributed by atoms with Crippen molar-refractivity contribution in [3.63, 3.8) is 0 Å². The number of hydrogen-bond acceptors (Lipinski definition) is 4. The molecule has 0 rings (SSSR count). The number of ether oxygens (including phenoxy) is 1. The van der Waals surface area contributed by atoms with E-state index in [9.17, 15) is 9.59 Å². The van der Waals surface area contributed by atoms with Gasteiger partial charge in [-0.1, -0.05) is 0 Å². The molecule has 12 heavy (non-hydrogen) atoms. The first-order chi connectivity index (χ1) is 5.50. The maximum atomic E-state index is 11.0. The summed E-state index contributed by atoms with van der Waals surface area (Å²) in [6.07, 6.45) is -1.25. The average molecular weight is 174 g/mol. The predicted molar refractivity (Wildman–Crippen MR) is 42.5 cm³/mol. The fraction of sp³-hybridized carbons (Fsp3) is 0.750. The molecule has 0 aromatic rings. The Hall–Kier alpha value is -0.900. The van der Waals surface area contributed by atoms with Crippen LogP contribution < -0.4 is 0 Å². The lowest BCUT2D eigenvalue weighted by Crippen LogP contribution is -2.32. The van der Waals surface area contributed by atoms with Gasteiger partial charge in [-0.05, 0) is 20.8 Å². The molecule has 0 aromatic carbocycles. The maximum Gasteiger partial charge on any atom is 0.311 e. The molecule has 0 amide bonds. The van der Waals surface area contributed by atoms with Crippen molar-refractivity contribution in [2.75, 3.05) is 6.61 Å². The van der Waals surface area contributed by atoms with Gasteiger partial charge in [0.2, 0.25) is 0 Å². The quantitative estimate of drug-likeness (QED) is 0.615. The largest absolute Gasteiger partial charge is 0.466 e. The standard InChI is InChI=1S/C8H14O4/c1-4-12-8(11)5(2)7(10)6(3)9/h5,7,10H,4H2,1-3H3/t5?,7-/m0/s1. The predicted octanol–water partition coefficient (Wildman–Crippen LogP) is 0.135. The second-order valence-corrected chi connectivity index (χ2v) is 2.60. The summed E-state index contributed by atoms with van der Waals surface area (Å²) in [7, 11) is 0. The van der Waals surface area contributed by atoms with E-state index in [-0.39, 0.29) is 6.61 Å². The van der Waals surface area contributed by atoms with Crippen LogP contribution in [0.3, 0.4) is 0 Å². The van der Waals surface area contributed by atoms with Crippen molar-refractivity contribution in [3.8, 4) is 0 Å². The molecule has 0 aliphatic heterocycles. The van der Waals surface area contributed by atoms with Crippen molar-refractivity contribution in [2.45, 2.75) is 26.9 Å². The van der Waals surface area contributed by atoms with Crippen molar-refractivity contribution in [3.05, 3.63) is 0 Å². The molecular formula is C8H14O4. The number of hydrogen-bond donors (Lipinski definition) is 1. The van der Waals surface area contributed by atoms with Crippen LogP contribution >= 0.6 is 0 Å². The van der Waals surface area contributed by atoms with Crippen LogP contribution in [0.4, 0.5) is 0 Å². The Balaban J connectivity index is 4.09. The fourth-order valence-corrected chi connectivity index (χ4v) is 0.755. The summed E-state index contributed by atoms with van der Waals surface area (Å²) in [6, 6.07) is 0. The number of carbonyl (C=O) groups is 2. The highest BCUT2D eigenvalue weighted by atomic mass is 16.5. The van der Waals surface area contributed by atoms with Gasteiger partial charge in [-0.15, -0.1) is 0 Å². The lowest BCUT2D eigenvalue weighted by atomic mass is 10.0. The van der Waals surface area contributed by atoms with E-state index in [0.29, 0.717) is 0 Å². The number of Topliss-reactive ketones (excluding diaryl/α,β-unsaturated/α-hetero) is 1. The van der Waals surface area contributed by atoms with Crippen LogP contribution in [0.25, 0.3) is 0 Å². The zero-order valence-corrected chi connectivity index (χ0v) is 7.53. The van der Waals surface area contributed by atoms with Crippen LogP contribution in [-0.2, 0) is 14.3 Å². The first-order valence-corrected chi connectivity index (χ1v) is 3.85. The molecule has 1 unspecified atom stereocenters. The molecule has 0 aromatic heterocycles. The van der Waals surface area contributed by atoms with Crippen LogP contribution in [0, 0.1) is 5.92 Å². The molecule has 0 aliphatic carbocycles. The molecule has 0 aliphatic rings. The SMILES string of the molecule is CCOC(=O)C(C)[C@H](O)C(C)=O. The first-order valence-electron chi connectivity index (χ1n) is 3.85. The molecule has 0 radical (unpaired) electrons. The molecule has 4 heteroatoms. The number of aliphatic hydroxyl groups is 1. The lowest BCUT2D eigenvalue weighted by Gasteiger charge is -2.13. The van der Waals surface area contributed by atoms with Crippen LogP contribution in [-0.4, -0.2) is 29.6 Å². The van der Waals surface area contributed by atoms with Gasteiger partial charge in [-0.25, -0.2) is 0 Å². The molecule has 0 saturated heterocycles. The van der Waals surface area contributed by atoms with Crippen molar-refractivity contribution >= 4 is 11.8 Å². The van der Waals surface area contributed by atoms with E-state index >= 15 is 0 Å². The lowest BCUT2D eigenvalue weighted by molar-refractivity contribution is -0.154. The van der Waals surface area contributed by atoms with Crippen LogP contribution in [0.5, 0.6) is 0 Å². The van der Waals surface area contributed by atoms with Crippen molar-refractivity contribution in [1.82, 2.24) is 0 Å². The summed E-state index contributed by atoms with van der Waals surface area (Å²) in [4.78, 5) is 21.6. The van der Waals surface area contributed by atoms with Crippen molar-refractivity contribution in [1.29, 1.82) is 0 Å². The molecule has 2 atom stereocenters. The number of aliphatic hydroxyl groups excluding tert-OH is 1. The Bertz CT molecular complexity index is 176. The molecular weight excluding hydrogens is 160 g/mol.